The van der Waals surface area contributed by atoms with Crippen molar-refractivity contribution in [1.29, 1.82) is 0 Å². The Bertz CT molecular complexity index is 947. The first-order chi connectivity index (χ1) is 10.9. The van der Waals surface area contributed by atoms with E-state index in [0.717, 1.165) is 4.88 Å². The largest absolute Gasteiger partial charge is 0.356 e. The minimum atomic E-state index is -3.81. The molecule has 0 amide bonds. The van der Waals surface area contributed by atoms with Crippen LogP contribution in [0.15, 0.2) is 45.9 Å². The van der Waals surface area contributed by atoms with Gasteiger partial charge in [0.05, 0.1) is 22.5 Å². The molecule has 0 spiro atoms. The van der Waals surface area contributed by atoms with E-state index in [0.29, 0.717) is 26.9 Å². The van der Waals surface area contributed by atoms with Gasteiger partial charge in [0.1, 0.15) is 4.90 Å². The highest BCUT2D eigenvalue weighted by atomic mass is 35.5. The molecule has 1 aromatic carbocycles. The third-order valence-corrected chi connectivity index (χ3v) is 6.29. The molecule has 0 fully saturated rings. The van der Waals surface area contributed by atoms with Gasteiger partial charge < -0.3 is 4.52 Å². The van der Waals surface area contributed by atoms with Gasteiger partial charge in [-0.2, -0.15) is 0 Å². The van der Waals surface area contributed by atoms with E-state index in [1.807, 2.05) is 6.92 Å². The van der Waals surface area contributed by atoms with Gasteiger partial charge in [-0.15, -0.1) is 11.3 Å². The summed E-state index contributed by atoms with van der Waals surface area (Å²) in [6.07, 6.45) is 1.49. The molecule has 120 valence electrons. The fraction of sp³-hybridized carbons (Fsp3) is 0.133. The Balaban J connectivity index is 2.13. The maximum Gasteiger partial charge on any atom is 0.263 e. The number of nitrogens with one attached hydrogen (secondary N) is 1. The minimum absolute atomic E-state index is 0.191. The molecule has 0 unspecified atom stereocenters. The lowest BCUT2D eigenvalue weighted by molar-refractivity contribution is 0.431. The lowest BCUT2D eigenvalue weighted by atomic mass is 10.2. The molecule has 0 aliphatic carbocycles. The number of nitrogens with zero attached hydrogens (tertiary/aromatic N) is 1. The average molecular weight is 369 g/mol. The molecule has 0 bridgehead atoms. The molecule has 0 aliphatic heterocycles. The van der Waals surface area contributed by atoms with Crippen LogP contribution >= 0.6 is 22.9 Å². The van der Waals surface area contributed by atoms with Crippen LogP contribution in [0, 0.1) is 13.8 Å². The first-order valence-corrected chi connectivity index (χ1v) is 9.36. The van der Waals surface area contributed by atoms with Crippen LogP contribution in [0.4, 0.5) is 5.69 Å². The first kappa shape index (κ1) is 16.0. The van der Waals surface area contributed by atoms with Gasteiger partial charge in [-0.3, -0.25) is 4.72 Å². The Labute approximate surface area is 142 Å². The van der Waals surface area contributed by atoms with Crippen LogP contribution in [-0.2, 0) is 10.0 Å². The lowest BCUT2D eigenvalue weighted by Gasteiger charge is -2.11. The topological polar surface area (TPSA) is 72.2 Å². The van der Waals surface area contributed by atoms with E-state index in [9.17, 15) is 8.42 Å². The van der Waals surface area contributed by atoms with Crippen molar-refractivity contribution < 1.29 is 12.9 Å². The Morgan fingerprint density at radius 1 is 1.17 bits per heavy atom. The number of benzene rings is 1. The Morgan fingerprint density at radius 2 is 1.91 bits per heavy atom. The molecule has 0 radical (unpaired) electrons. The van der Waals surface area contributed by atoms with Crippen LogP contribution in [0.3, 0.4) is 0 Å². The number of para-hydroxylation sites is 1. The summed E-state index contributed by atoms with van der Waals surface area (Å²) in [4.78, 5) is 1.71. The molecule has 0 aliphatic rings. The molecule has 1 N–H and O–H groups in total. The van der Waals surface area contributed by atoms with Crippen molar-refractivity contribution in [2.75, 3.05) is 4.72 Å². The van der Waals surface area contributed by atoms with Crippen LogP contribution in [0.25, 0.3) is 11.3 Å². The molecule has 0 saturated carbocycles. The predicted octanol–water partition coefficient (Wildman–Crippen LogP) is 4.47. The fourth-order valence-electron chi connectivity index (χ4n) is 2.36. The zero-order valence-electron chi connectivity index (χ0n) is 12.3. The monoisotopic (exact) mass is 368 g/mol. The van der Waals surface area contributed by atoms with Crippen LogP contribution in [0.2, 0.25) is 5.02 Å². The van der Waals surface area contributed by atoms with Crippen molar-refractivity contribution in [3.63, 3.8) is 0 Å². The van der Waals surface area contributed by atoms with Crippen molar-refractivity contribution in [3.8, 4) is 11.3 Å². The smallest absolute Gasteiger partial charge is 0.263 e. The standard InChI is InChI=1S/C15H13ClN2O3S2/c1-9-14(13-7-8-17-21-13)15(10(2)22-9)23(19,20)18-12-6-4-3-5-11(12)16/h3-8,18H,1-2H3. The van der Waals surface area contributed by atoms with Gasteiger partial charge in [0.25, 0.3) is 10.0 Å². The Hall–Kier alpha value is -1.83. The van der Waals surface area contributed by atoms with Gasteiger partial charge in [-0.05, 0) is 26.0 Å². The SMILES string of the molecule is Cc1sc(C)c(S(=O)(=O)Nc2ccccc2Cl)c1-c1ccno1. The quantitative estimate of drug-likeness (QED) is 0.737. The third-order valence-electron chi connectivity index (χ3n) is 3.28. The summed E-state index contributed by atoms with van der Waals surface area (Å²) < 4.78 is 33.5. The predicted molar refractivity (Wildman–Crippen MR) is 91.6 cm³/mol. The molecule has 23 heavy (non-hydrogen) atoms. The number of hydrogen-bond acceptors (Lipinski definition) is 5. The van der Waals surface area contributed by atoms with E-state index in [1.165, 1.54) is 17.5 Å². The van der Waals surface area contributed by atoms with Gasteiger partial charge in [-0.1, -0.05) is 28.9 Å². The zero-order valence-corrected chi connectivity index (χ0v) is 14.7. The van der Waals surface area contributed by atoms with Crippen LogP contribution in [0.5, 0.6) is 0 Å². The maximum atomic E-state index is 12.9. The van der Waals surface area contributed by atoms with Gasteiger partial charge in [0.2, 0.25) is 0 Å². The van der Waals surface area contributed by atoms with E-state index in [-0.39, 0.29) is 4.90 Å². The molecule has 3 aromatic rings. The van der Waals surface area contributed by atoms with Crippen LogP contribution in [0.1, 0.15) is 9.75 Å². The van der Waals surface area contributed by atoms with Crippen molar-refractivity contribution in [2.24, 2.45) is 0 Å². The molecule has 5 nitrogen and oxygen atoms in total. The maximum absolute atomic E-state index is 12.9. The van der Waals surface area contributed by atoms with Gasteiger partial charge in [0, 0.05) is 15.8 Å². The number of rotatable bonds is 4. The van der Waals surface area contributed by atoms with E-state index in [1.54, 1.807) is 37.3 Å². The molecule has 3 rings (SSSR count). The summed E-state index contributed by atoms with van der Waals surface area (Å²) >= 11 is 7.45. The number of aromatic nitrogens is 1. The van der Waals surface area contributed by atoms with E-state index < -0.39 is 10.0 Å². The van der Waals surface area contributed by atoms with Crippen molar-refractivity contribution >= 4 is 38.6 Å². The summed E-state index contributed by atoms with van der Waals surface area (Å²) in [5.74, 6) is 0.423. The summed E-state index contributed by atoms with van der Waals surface area (Å²) in [5.41, 5.74) is 0.866. The number of thiophene rings is 1. The van der Waals surface area contributed by atoms with Gasteiger partial charge in [-0.25, -0.2) is 8.42 Å². The Kier molecular flexibility index (Phi) is 4.18. The second-order valence-corrected chi connectivity index (χ2v) is 8.34. The summed E-state index contributed by atoms with van der Waals surface area (Å²) in [7, 11) is -3.81. The first-order valence-electron chi connectivity index (χ1n) is 6.68. The van der Waals surface area contributed by atoms with E-state index >= 15 is 0 Å². The highest BCUT2D eigenvalue weighted by Gasteiger charge is 2.28. The molecule has 8 heteroatoms. The molecule has 0 saturated heterocycles. The highest BCUT2D eigenvalue weighted by molar-refractivity contribution is 7.93. The Morgan fingerprint density at radius 3 is 2.57 bits per heavy atom. The zero-order chi connectivity index (χ0) is 16.6. The molecular formula is C15H13ClN2O3S2. The van der Waals surface area contributed by atoms with Crippen LogP contribution < -0.4 is 4.72 Å². The van der Waals surface area contributed by atoms with Gasteiger partial charge in [0.15, 0.2) is 5.76 Å². The second-order valence-electron chi connectivity index (χ2n) is 4.88. The lowest BCUT2D eigenvalue weighted by Crippen LogP contribution is -2.14. The molecule has 0 atom stereocenters. The second kappa shape index (κ2) is 5.99. The highest BCUT2D eigenvalue weighted by Crippen LogP contribution is 2.39. The fourth-order valence-corrected chi connectivity index (χ4v) is 5.54. The summed E-state index contributed by atoms with van der Waals surface area (Å²) in [5, 5.41) is 4.00. The minimum Gasteiger partial charge on any atom is -0.356 e. The normalized spacial score (nSPS) is 11.6. The summed E-state index contributed by atoms with van der Waals surface area (Å²) in [6.45, 7) is 3.61. The third kappa shape index (κ3) is 2.99. The molecular weight excluding hydrogens is 356 g/mol. The number of halogens is 1. The van der Waals surface area contributed by atoms with Crippen molar-refractivity contribution in [3.05, 3.63) is 51.3 Å². The van der Waals surface area contributed by atoms with E-state index in [4.69, 9.17) is 16.1 Å². The van der Waals surface area contributed by atoms with Crippen LogP contribution in [-0.4, -0.2) is 13.6 Å². The number of aryl methyl sites for hydroxylation is 2. The summed E-state index contributed by atoms with van der Waals surface area (Å²) in [6, 6.07) is 8.33. The van der Waals surface area contributed by atoms with Gasteiger partial charge >= 0.3 is 0 Å². The average Bonchev–Trinajstić information content (AvgIpc) is 3.08. The molecule has 2 heterocycles. The van der Waals surface area contributed by atoms with Crippen molar-refractivity contribution in [1.82, 2.24) is 5.16 Å². The van der Waals surface area contributed by atoms with Crippen molar-refractivity contribution in [2.45, 2.75) is 18.7 Å². The van der Waals surface area contributed by atoms with E-state index in [2.05, 4.69) is 9.88 Å². The number of anilines is 1. The molecule has 2 aromatic heterocycles. The number of hydrogen-bond donors (Lipinski definition) is 1. The number of sulfonamides is 1.